The minimum atomic E-state index is 0.352. The topological polar surface area (TPSA) is 0 Å². The zero-order chi connectivity index (χ0) is 14.9. The van der Waals surface area contributed by atoms with E-state index in [1.54, 1.807) is 0 Å². The molecule has 0 saturated heterocycles. The van der Waals surface area contributed by atoms with Crippen molar-refractivity contribution in [3.8, 4) is 0 Å². The maximum atomic E-state index is 2.50. The second kappa shape index (κ2) is 5.55. The van der Waals surface area contributed by atoms with Gasteiger partial charge in [-0.25, -0.2) is 0 Å². The molecule has 0 heteroatoms. The van der Waals surface area contributed by atoms with Gasteiger partial charge in [-0.15, -0.1) is 0 Å². The van der Waals surface area contributed by atoms with E-state index in [1.165, 1.54) is 6.42 Å². The molecule has 0 aromatic carbocycles. The summed E-state index contributed by atoms with van der Waals surface area (Å²) in [5.41, 5.74) is 1.14. The van der Waals surface area contributed by atoms with Gasteiger partial charge in [0.15, 0.2) is 0 Å². The summed E-state index contributed by atoms with van der Waals surface area (Å²) in [6.45, 7) is 26.7. The predicted octanol–water partition coefficient (Wildman–Crippen LogP) is 6.40. The van der Waals surface area contributed by atoms with Gasteiger partial charge in [0.05, 0.1) is 0 Å². The van der Waals surface area contributed by atoms with Gasteiger partial charge in [-0.1, -0.05) is 82.6 Å². The van der Waals surface area contributed by atoms with Gasteiger partial charge < -0.3 is 0 Å². The number of hydrogen-bond donors (Lipinski definition) is 0. The first kappa shape index (κ1) is 18.0. The summed E-state index contributed by atoms with van der Waals surface area (Å²) in [6, 6.07) is 0. The first-order chi connectivity index (χ1) is 7.85. The summed E-state index contributed by atoms with van der Waals surface area (Å²) in [5.74, 6) is 2.15. The Morgan fingerprint density at radius 2 is 1.06 bits per heavy atom. The van der Waals surface area contributed by atoms with Crippen molar-refractivity contribution in [2.45, 2.75) is 82.6 Å². The van der Waals surface area contributed by atoms with Crippen LogP contribution < -0.4 is 0 Å². The summed E-state index contributed by atoms with van der Waals surface area (Å²) in [4.78, 5) is 0. The second-order valence-corrected chi connectivity index (χ2v) is 8.36. The molecule has 0 aliphatic rings. The lowest BCUT2D eigenvalue weighted by Gasteiger charge is -2.55. The third-order valence-electron chi connectivity index (χ3n) is 7.13. The van der Waals surface area contributed by atoms with Crippen LogP contribution in [0, 0.1) is 34.0 Å². The average Bonchev–Trinajstić information content (AvgIpc) is 2.25. The number of hydrogen-bond acceptors (Lipinski definition) is 0. The average molecular weight is 255 g/mol. The quantitative estimate of drug-likeness (QED) is 0.514. The van der Waals surface area contributed by atoms with Crippen LogP contribution in [0.25, 0.3) is 0 Å². The molecular weight excluding hydrogens is 216 g/mol. The zero-order valence-corrected chi connectivity index (χ0v) is 14.9. The van der Waals surface area contributed by atoms with Gasteiger partial charge in [0.2, 0.25) is 0 Å². The van der Waals surface area contributed by atoms with Crippen LogP contribution in [0.15, 0.2) is 0 Å². The lowest BCUT2D eigenvalue weighted by molar-refractivity contribution is -0.0684. The molecule has 0 rings (SSSR count). The van der Waals surface area contributed by atoms with Crippen LogP contribution in [0.5, 0.6) is 0 Å². The fourth-order valence-electron chi connectivity index (χ4n) is 3.49. The Morgan fingerprint density at radius 3 is 1.28 bits per heavy atom. The Hall–Kier alpha value is 0. The van der Waals surface area contributed by atoms with E-state index in [9.17, 15) is 0 Å². The van der Waals surface area contributed by atoms with E-state index in [0.717, 1.165) is 11.8 Å². The van der Waals surface area contributed by atoms with Gasteiger partial charge in [-0.3, -0.25) is 0 Å². The summed E-state index contributed by atoms with van der Waals surface area (Å²) in [7, 11) is 0. The second-order valence-electron chi connectivity index (χ2n) is 8.36. The van der Waals surface area contributed by atoms with Crippen molar-refractivity contribution in [1.29, 1.82) is 0 Å². The lowest BCUT2D eigenvalue weighted by Crippen LogP contribution is -2.49. The van der Waals surface area contributed by atoms with E-state index in [-0.39, 0.29) is 0 Å². The highest BCUT2D eigenvalue weighted by Gasteiger charge is 2.49. The molecule has 18 heavy (non-hydrogen) atoms. The Bertz CT molecular complexity index is 247. The van der Waals surface area contributed by atoms with Gasteiger partial charge in [-0.2, -0.15) is 0 Å². The molecule has 0 nitrogen and oxygen atoms in total. The highest BCUT2D eigenvalue weighted by molar-refractivity contribution is 4.98. The molecule has 0 amide bonds. The first-order valence-electron chi connectivity index (χ1n) is 7.85. The highest BCUT2D eigenvalue weighted by atomic mass is 14.5. The van der Waals surface area contributed by atoms with Crippen LogP contribution in [-0.4, -0.2) is 0 Å². The molecule has 1 atom stereocenters. The van der Waals surface area contributed by atoms with Crippen molar-refractivity contribution >= 4 is 0 Å². The molecule has 0 aliphatic carbocycles. The maximum absolute atomic E-state index is 2.50. The Labute approximate surface area is 117 Å². The molecule has 0 aromatic rings. The molecule has 0 spiro atoms. The molecule has 0 radical (unpaired) electrons. The van der Waals surface area contributed by atoms with Crippen molar-refractivity contribution in [2.24, 2.45) is 34.0 Å². The third kappa shape index (κ3) is 2.78. The van der Waals surface area contributed by atoms with E-state index < -0.39 is 0 Å². The highest BCUT2D eigenvalue weighted by Crippen LogP contribution is 2.56. The van der Waals surface area contributed by atoms with Crippen LogP contribution in [0.4, 0.5) is 0 Å². The minimum Gasteiger partial charge on any atom is -0.0649 e. The Kier molecular flexibility index (Phi) is 5.55. The zero-order valence-electron chi connectivity index (χ0n) is 14.9. The molecule has 0 heterocycles. The molecule has 1 unspecified atom stereocenters. The Morgan fingerprint density at radius 1 is 0.722 bits per heavy atom. The smallest absolute Gasteiger partial charge is 0.0249 e. The van der Waals surface area contributed by atoms with Crippen molar-refractivity contribution in [3.63, 3.8) is 0 Å². The number of rotatable bonds is 6. The largest absolute Gasteiger partial charge is 0.0649 e. The van der Waals surface area contributed by atoms with E-state index in [1.807, 2.05) is 0 Å². The molecule has 0 saturated carbocycles. The SMILES string of the molecule is CCC(C)(C)C(C)(C)C(C)C(C)(C(C)C)C(C)C. The molecule has 0 bridgehead atoms. The predicted molar refractivity (Wildman–Crippen MR) is 84.8 cm³/mol. The van der Waals surface area contributed by atoms with Crippen LogP contribution in [0.3, 0.4) is 0 Å². The molecule has 0 aliphatic heterocycles. The summed E-state index contributed by atoms with van der Waals surface area (Å²) < 4.78 is 0. The summed E-state index contributed by atoms with van der Waals surface area (Å²) in [6.07, 6.45) is 1.25. The summed E-state index contributed by atoms with van der Waals surface area (Å²) >= 11 is 0. The third-order valence-corrected chi connectivity index (χ3v) is 7.13. The lowest BCUT2D eigenvalue weighted by atomic mass is 9.49. The molecule has 0 aromatic heterocycles. The van der Waals surface area contributed by atoms with Gasteiger partial charge in [0, 0.05) is 0 Å². The van der Waals surface area contributed by atoms with Crippen LogP contribution >= 0.6 is 0 Å². The van der Waals surface area contributed by atoms with E-state index in [0.29, 0.717) is 22.2 Å². The van der Waals surface area contributed by atoms with Crippen molar-refractivity contribution in [3.05, 3.63) is 0 Å². The van der Waals surface area contributed by atoms with Crippen LogP contribution in [0.2, 0.25) is 0 Å². The van der Waals surface area contributed by atoms with Gasteiger partial charge in [0.25, 0.3) is 0 Å². The normalized spacial score (nSPS) is 16.5. The van der Waals surface area contributed by atoms with Crippen LogP contribution in [-0.2, 0) is 0 Å². The summed E-state index contributed by atoms with van der Waals surface area (Å²) in [5, 5.41) is 0. The maximum Gasteiger partial charge on any atom is -0.0249 e. The fraction of sp³-hybridized carbons (Fsp3) is 1.00. The van der Waals surface area contributed by atoms with E-state index >= 15 is 0 Å². The van der Waals surface area contributed by atoms with Gasteiger partial charge in [0.1, 0.15) is 0 Å². The molecule has 110 valence electrons. The van der Waals surface area contributed by atoms with Gasteiger partial charge >= 0.3 is 0 Å². The van der Waals surface area contributed by atoms with Crippen molar-refractivity contribution in [1.82, 2.24) is 0 Å². The standard InChI is InChI=1S/C18H38/c1-12-16(7,8)17(9,10)15(6)18(11,13(2)3)14(4)5/h13-15H,12H2,1-11H3. The molecular formula is C18H38. The van der Waals surface area contributed by atoms with E-state index in [2.05, 4.69) is 76.2 Å². The van der Waals surface area contributed by atoms with E-state index in [4.69, 9.17) is 0 Å². The Balaban J connectivity index is 5.54. The monoisotopic (exact) mass is 254 g/mol. The molecule has 0 fully saturated rings. The van der Waals surface area contributed by atoms with Crippen LogP contribution in [0.1, 0.15) is 82.6 Å². The molecule has 0 N–H and O–H groups in total. The first-order valence-corrected chi connectivity index (χ1v) is 7.85. The van der Waals surface area contributed by atoms with Gasteiger partial charge in [-0.05, 0) is 34.0 Å². The van der Waals surface area contributed by atoms with Crippen molar-refractivity contribution < 1.29 is 0 Å². The fourth-order valence-corrected chi connectivity index (χ4v) is 3.49. The minimum absolute atomic E-state index is 0.352. The van der Waals surface area contributed by atoms with Crippen molar-refractivity contribution in [2.75, 3.05) is 0 Å².